The first-order chi connectivity index (χ1) is 8.54. The van der Waals surface area contributed by atoms with E-state index in [9.17, 15) is 9.50 Å². The Labute approximate surface area is 115 Å². The van der Waals surface area contributed by atoms with Gasteiger partial charge in [-0.3, -0.25) is 0 Å². The Morgan fingerprint density at radius 2 is 2.33 bits per heavy atom. The normalized spacial score (nSPS) is 28.3. The van der Waals surface area contributed by atoms with E-state index in [0.717, 1.165) is 12.0 Å². The summed E-state index contributed by atoms with van der Waals surface area (Å²) < 4.78 is 19.5. The quantitative estimate of drug-likeness (QED) is 0.925. The lowest BCUT2D eigenvalue weighted by atomic mass is 9.84. The van der Waals surface area contributed by atoms with Gasteiger partial charge in [-0.2, -0.15) is 0 Å². The summed E-state index contributed by atoms with van der Waals surface area (Å²) >= 11 is 3.25. The third-order valence-electron chi connectivity index (χ3n) is 3.54. The SMILES string of the molecule is CCC1CC(O)(Cc2cccc(F)c2Br)CCO1. The number of benzene rings is 1. The Morgan fingerprint density at radius 1 is 1.56 bits per heavy atom. The first-order valence-corrected chi connectivity index (χ1v) is 7.10. The van der Waals surface area contributed by atoms with Crippen LogP contribution in [-0.4, -0.2) is 23.4 Å². The third-order valence-corrected chi connectivity index (χ3v) is 4.42. The minimum absolute atomic E-state index is 0.107. The summed E-state index contributed by atoms with van der Waals surface area (Å²) in [6, 6.07) is 4.94. The third kappa shape index (κ3) is 3.11. The van der Waals surface area contributed by atoms with Gasteiger partial charge >= 0.3 is 0 Å². The van der Waals surface area contributed by atoms with Gasteiger partial charge in [-0.1, -0.05) is 19.1 Å². The van der Waals surface area contributed by atoms with Crippen molar-refractivity contribution in [2.24, 2.45) is 0 Å². The van der Waals surface area contributed by atoms with Gasteiger partial charge in [0, 0.05) is 19.4 Å². The van der Waals surface area contributed by atoms with Crippen LogP contribution in [0, 0.1) is 5.82 Å². The maximum atomic E-state index is 13.4. The summed E-state index contributed by atoms with van der Waals surface area (Å²) in [4.78, 5) is 0. The minimum Gasteiger partial charge on any atom is -0.389 e. The van der Waals surface area contributed by atoms with E-state index < -0.39 is 5.60 Å². The predicted octanol–water partition coefficient (Wildman–Crippen LogP) is 3.45. The van der Waals surface area contributed by atoms with Crippen molar-refractivity contribution in [3.8, 4) is 0 Å². The molecule has 100 valence electrons. The molecular formula is C14H18BrFO2. The zero-order chi connectivity index (χ0) is 13.2. The molecule has 0 radical (unpaired) electrons. The first kappa shape index (κ1) is 14.0. The Kier molecular flexibility index (Phi) is 4.41. The molecule has 1 N–H and O–H groups in total. The molecule has 1 aliphatic rings. The summed E-state index contributed by atoms with van der Waals surface area (Å²) in [5.74, 6) is -0.282. The van der Waals surface area contributed by atoms with Crippen LogP contribution in [0.4, 0.5) is 4.39 Å². The molecule has 1 aromatic rings. The van der Waals surface area contributed by atoms with E-state index in [4.69, 9.17) is 4.74 Å². The van der Waals surface area contributed by atoms with Crippen LogP contribution in [0.1, 0.15) is 31.7 Å². The number of aliphatic hydroxyl groups is 1. The van der Waals surface area contributed by atoms with E-state index in [-0.39, 0.29) is 11.9 Å². The summed E-state index contributed by atoms with van der Waals surface area (Å²) in [6.45, 7) is 2.62. The highest BCUT2D eigenvalue weighted by molar-refractivity contribution is 9.10. The monoisotopic (exact) mass is 316 g/mol. The van der Waals surface area contributed by atoms with Crippen LogP contribution in [-0.2, 0) is 11.2 Å². The molecule has 1 heterocycles. The Morgan fingerprint density at radius 3 is 3.06 bits per heavy atom. The molecule has 2 nitrogen and oxygen atoms in total. The van der Waals surface area contributed by atoms with Crippen molar-refractivity contribution in [1.29, 1.82) is 0 Å². The van der Waals surface area contributed by atoms with Crippen LogP contribution in [0.2, 0.25) is 0 Å². The van der Waals surface area contributed by atoms with Gasteiger partial charge in [-0.05, 0) is 40.4 Å². The van der Waals surface area contributed by atoms with E-state index in [1.807, 2.05) is 6.07 Å². The molecule has 0 spiro atoms. The zero-order valence-corrected chi connectivity index (χ0v) is 12.0. The predicted molar refractivity (Wildman–Crippen MR) is 72.0 cm³/mol. The van der Waals surface area contributed by atoms with Gasteiger partial charge < -0.3 is 9.84 Å². The molecule has 2 rings (SSSR count). The summed E-state index contributed by atoms with van der Waals surface area (Å²) in [5.41, 5.74) is 0.0316. The molecule has 18 heavy (non-hydrogen) atoms. The van der Waals surface area contributed by atoms with Crippen molar-refractivity contribution in [2.75, 3.05) is 6.61 Å². The van der Waals surface area contributed by atoms with Gasteiger partial charge in [-0.15, -0.1) is 0 Å². The average molecular weight is 317 g/mol. The molecule has 0 amide bonds. The van der Waals surface area contributed by atoms with Gasteiger partial charge in [-0.25, -0.2) is 4.39 Å². The fourth-order valence-electron chi connectivity index (χ4n) is 2.46. The lowest BCUT2D eigenvalue weighted by Gasteiger charge is -2.37. The van der Waals surface area contributed by atoms with Crippen LogP contribution in [0.5, 0.6) is 0 Å². The van der Waals surface area contributed by atoms with Crippen molar-refractivity contribution >= 4 is 15.9 Å². The lowest BCUT2D eigenvalue weighted by Crippen LogP contribution is -2.42. The molecule has 0 saturated carbocycles. The highest BCUT2D eigenvalue weighted by Crippen LogP contribution is 2.32. The minimum atomic E-state index is -0.782. The molecule has 0 aliphatic carbocycles. The highest BCUT2D eigenvalue weighted by Gasteiger charge is 2.35. The number of halogens is 2. The fraction of sp³-hybridized carbons (Fsp3) is 0.571. The zero-order valence-electron chi connectivity index (χ0n) is 10.5. The molecule has 1 aromatic carbocycles. The second kappa shape index (κ2) is 5.68. The average Bonchev–Trinajstić information content (AvgIpc) is 2.35. The van der Waals surface area contributed by atoms with Crippen LogP contribution in [0.3, 0.4) is 0 Å². The van der Waals surface area contributed by atoms with E-state index >= 15 is 0 Å². The lowest BCUT2D eigenvalue weighted by molar-refractivity contribution is -0.103. The number of hydrogen-bond donors (Lipinski definition) is 1. The largest absolute Gasteiger partial charge is 0.389 e. The van der Waals surface area contributed by atoms with Crippen LogP contribution >= 0.6 is 15.9 Å². The second-order valence-corrected chi connectivity index (χ2v) is 5.76. The van der Waals surface area contributed by atoms with Crippen molar-refractivity contribution in [3.63, 3.8) is 0 Å². The van der Waals surface area contributed by atoms with Crippen molar-refractivity contribution in [1.82, 2.24) is 0 Å². The summed E-state index contributed by atoms with van der Waals surface area (Å²) in [5, 5.41) is 10.6. The Hall–Kier alpha value is -0.450. The van der Waals surface area contributed by atoms with Gasteiger partial charge in [0.25, 0.3) is 0 Å². The van der Waals surface area contributed by atoms with E-state index in [0.29, 0.717) is 30.3 Å². The van der Waals surface area contributed by atoms with Crippen molar-refractivity contribution < 1.29 is 14.2 Å². The molecule has 1 fully saturated rings. The topological polar surface area (TPSA) is 29.5 Å². The molecule has 2 atom stereocenters. The van der Waals surface area contributed by atoms with Crippen LogP contribution in [0.15, 0.2) is 22.7 Å². The summed E-state index contributed by atoms with van der Waals surface area (Å²) in [6.07, 6.45) is 2.69. The van der Waals surface area contributed by atoms with Crippen LogP contribution in [0.25, 0.3) is 0 Å². The Balaban J connectivity index is 2.14. The van der Waals surface area contributed by atoms with Crippen molar-refractivity contribution in [2.45, 2.75) is 44.3 Å². The Bertz CT molecular complexity index is 424. The van der Waals surface area contributed by atoms with Crippen LogP contribution < -0.4 is 0 Å². The maximum Gasteiger partial charge on any atom is 0.137 e. The fourth-order valence-corrected chi connectivity index (χ4v) is 2.87. The molecule has 0 bridgehead atoms. The summed E-state index contributed by atoms with van der Waals surface area (Å²) in [7, 11) is 0. The number of ether oxygens (including phenoxy) is 1. The highest BCUT2D eigenvalue weighted by atomic mass is 79.9. The molecule has 1 saturated heterocycles. The van der Waals surface area contributed by atoms with E-state index in [1.165, 1.54) is 6.07 Å². The number of hydrogen-bond acceptors (Lipinski definition) is 2. The van der Waals surface area contributed by atoms with Gasteiger partial charge in [0.15, 0.2) is 0 Å². The smallest absolute Gasteiger partial charge is 0.137 e. The van der Waals surface area contributed by atoms with Gasteiger partial charge in [0.2, 0.25) is 0 Å². The molecule has 2 unspecified atom stereocenters. The van der Waals surface area contributed by atoms with Crippen molar-refractivity contribution in [3.05, 3.63) is 34.1 Å². The van der Waals surface area contributed by atoms with E-state index in [1.54, 1.807) is 6.07 Å². The first-order valence-electron chi connectivity index (χ1n) is 6.31. The van der Waals surface area contributed by atoms with E-state index in [2.05, 4.69) is 22.9 Å². The second-order valence-electron chi connectivity index (χ2n) is 4.97. The molecule has 1 aliphatic heterocycles. The standard InChI is InChI=1S/C14H18BrFO2/c1-2-11-9-14(17,6-7-18-11)8-10-4-3-5-12(16)13(10)15/h3-5,11,17H,2,6-9H2,1H3. The molecular weight excluding hydrogens is 299 g/mol. The van der Waals surface area contributed by atoms with Gasteiger partial charge in [0.05, 0.1) is 16.2 Å². The molecule has 0 aromatic heterocycles. The number of rotatable bonds is 3. The van der Waals surface area contributed by atoms with Gasteiger partial charge in [0.1, 0.15) is 5.82 Å². The maximum absolute atomic E-state index is 13.4. The molecule has 4 heteroatoms.